The van der Waals surface area contributed by atoms with Crippen LogP contribution in [-0.2, 0) is 47.4 Å². The number of rotatable bonds is 12. The number of benzene rings is 3. The highest BCUT2D eigenvalue weighted by atomic mass is 16.6. The lowest BCUT2D eigenvalue weighted by Gasteiger charge is -2.37. The third-order valence-electron chi connectivity index (χ3n) is 7.34. The zero-order valence-electron chi connectivity index (χ0n) is 25.7. The molecule has 2 aliphatic heterocycles. The van der Waals surface area contributed by atoms with Gasteiger partial charge in [0.15, 0.2) is 5.60 Å². The number of carboxylic acid groups (broad SMARTS) is 5. The highest BCUT2D eigenvalue weighted by molar-refractivity contribution is 5.97. The van der Waals surface area contributed by atoms with Crippen molar-refractivity contribution in [1.82, 2.24) is 9.80 Å². The Morgan fingerprint density at radius 3 is 1.43 bits per heavy atom. The van der Waals surface area contributed by atoms with Gasteiger partial charge in [-0.3, -0.25) is 33.8 Å². The fourth-order valence-electron chi connectivity index (χ4n) is 5.66. The highest BCUT2D eigenvalue weighted by Crippen LogP contribution is 2.58. The molecular formula is C32H30N2O15. The summed E-state index contributed by atoms with van der Waals surface area (Å²) in [6.45, 7) is -2.19. The van der Waals surface area contributed by atoms with Gasteiger partial charge < -0.3 is 45.2 Å². The van der Waals surface area contributed by atoms with Crippen molar-refractivity contribution in [2.45, 2.75) is 25.6 Å². The Kier molecular flexibility index (Phi) is 10.4. The molecule has 0 amide bonds. The summed E-state index contributed by atoms with van der Waals surface area (Å²) in [5, 5.41) is 66.4. The van der Waals surface area contributed by atoms with Gasteiger partial charge >= 0.3 is 29.8 Å². The molecule has 0 aliphatic carbocycles. The number of hydrogen-bond donors (Lipinski definition) is 7. The number of fused-ring (bicyclic) bond motifs is 6. The first-order valence-electron chi connectivity index (χ1n) is 14.3. The normalized spacial score (nSPS) is 13.3. The number of hydrogen-bond acceptors (Lipinski definition) is 12. The minimum Gasteiger partial charge on any atom is -0.507 e. The maximum Gasteiger partial charge on any atom is 0.340 e. The molecule has 49 heavy (non-hydrogen) atoms. The highest BCUT2D eigenvalue weighted by Gasteiger charge is 2.54. The maximum atomic E-state index is 13.3. The molecule has 0 saturated heterocycles. The van der Waals surface area contributed by atoms with E-state index in [2.05, 4.69) is 0 Å². The number of phenolic OH excluding ortho intramolecular Hbond substituents is 2. The Morgan fingerprint density at radius 1 is 0.653 bits per heavy atom. The van der Waals surface area contributed by atoms with Crippen molar-refractivity contribution in [3.63, 3.8) is 0 Å². The minimum atomic E-state index is -1.75. The third kappa shape index (κ3) is 7.86. The molecule has 3 aromatic carbocycles. The number of esters is 1. The van der Waals surface area contributed by atoms with Gasteiger partial charge in [-0.15, -0.1) is 0 Å². The van der Waals surface area contributed by atoms with Crippen molar-refractivity contribution < 1.29 is 74.0 Å². The Labute approximate surface area is 276 Å². The summed E-state index contributed by atoms with van der Waals surface area (Å²) in [5.41, 5.74) is -0.636. The fraction of sp³-hybridized carbons (Fsp3) is 0.250. The van der Waals surface area contributed by atoms with Crippen LogP contribution >= 0.6 is 0 Å². The van der Waals surface area contributed by atoms with E-state index in [-0.39, 0.29) is 63.9 Å². The second-order valence-electron chi connectivity index (χ2n) is 11.1. The van der Waals surface area contributed by atoms with Crippen LogP contribution in [-0.4, -0.2) is 108 Å². The summed E-state index contributed by atoms with van der Waals surface area (Å²) in [6, 6.07) is 11.7. The van der Waals surface area contributed by atoms with Crippen LogP contribution in [0.4, 0.5) is 0 Å². The molecule has 258 valence electrons. The van der Waals surface area contributed by atoms with Crippen LogP contribution in [0, 0.1) is 0 Å². The van der Waals surface area contributed by atoms with Gasteiger partial charge in [0.05, 0.1) is 31.7 Å². The van der Waals surface area contributed by atoms with Crippen molar-refractivity contribution in [2.75, 3.05) is 26.2 Å². The quantitative estimate of drug-likeness (QED) is 0.134. The van der Waals surface area contributed by atoms with E-state index in [1.807, 2.05) is 0 Å². The number of aliphatic carboxylic acids is 5. The topological polar surface area (TPSA) is 269 Å². The largest absolute Gasteiger partial charge is 0.507 e. The Morgan fingerprint density at radius 2 is 1.04 bits per heavy atom. The predicted molar refractivity (Wildman–Crippen MR) is 162 cm³/mol. The average Bonchev–Trinajstić information content (AvgIpc) is 3.26. The molecular weight excluding hydrogens is 652 g/mol. The van der Waals surface area contributed by atoms with Crippen LogP contribution in [0.15, 0.2) is 48.5 Å². The van der Waals surface area contributed by atoms with Crippen molar-refractivity contribution >= 4 is 35.8 Å². The third-order valence-corrected chi connectivity index (χ3v) is 7.34. The number of carbonyl (C=O) groups excluding carboxylic acids is 1. The van der Waals surface area contributed by atoms with Crippen LogP contribution < -0.4 is 4.74 Å². The summed E-state index contributed by atoms with van der Waals surface area (Å²) in [5.74, 6) is -7.45. The maximum absolute atomic E-state index is 13.3. The van der Waals surface area contributed by atoms with E-state index in [1.165, 1.54) is 30.3 Å². The van der Waals surface area contributed by atoms with E-state index < -0.39 is 67.6 Å². The molecule has 17 heteroatoms. The molecule has 1 spiro atoms. The standard InChI is InChI=1S/C30H26N2O13.C2H4O2/c33-21-7-23-19(5-15(21)9-31(11-25(35)36)12-26(37)38)30(18-4-2-1-3-17(18)29(43)45-30)20-6-16(22(34)8-24(20)44-23)10-32(13-27(39)40)14-28(41)42;1-2(3)4/h1-8,33-34H,9-14H2,(H,35,36)(H,37,38)(H,39,40)(H,41,42);1H3,(H,3,4). The Bertz CT molecular complexity index is 1720. The average molecular weight is 683 g/mol. The first-order valence-corrected chi connectivity index (χ1v) is 14.3. The van der Waals surface area contributed by atoms with Crippen LogP contribution in [0.1, 0.15) is 45.1 Å². The summed E-state index contributed by atoms with van der Waals surface area (Å²) in [4.78, 5) is 70.0. The van der Waals surface area contributed by atoms with Gasteiger partial charge in [-0.2, -0.15) is 0 Å². The monoisotopic (exact) mass is 682 g/mol. The van der Waals surface area contributed by atoms with E-state index in [1.54, 1.807) is 18.2 Å². The number of carbonyl (C=O) groups is 6. The molecule has 0 fully saturated rings. The number of ether oxygens (including phenoxy) is 2. The smallest absolute Gasteiger partial charge is 0.340 e. The van der Waals surface area contributed by atoms with Crippen molar-refractivity contribution in [1.29, 1.82) is 0 Å². The van der Waals surface area contributed by atoms with Gasteiger partial charge in [0.1, 0.15) is 23.0 Å². The van der Waals surface area contributed by atoms with Gasteiger partial charge in [0.2, 0.25) is 0 Å². The number of phenols is 2. The molecule has 17 nitrogen and oxygen atoms in total. The first kappa shape index (κ1) is 35.7. The lowest BCUT2D eigenvalue weighted by molar-refractivity contribution is -0.144. The second kappa shape index (κ2) is 14.3. The molecule has 3 aromatic rings. The van der Waals surface area contributed by atoms with E-state index >= 15 is 0 Å². The van der Waals surface area contributed by atoms with E-state index in [4.69, 9.17) is 19.4 Å². The van der Waals surface area contributed by atoms with Crippen LogP contribution in [0.5, 0.6) is 23.0 Å². The van der Waals surface area contributed by atoms with Gasteiger partial charge in [0.25, 0.3) is 5.97 Å². The Hall–Kier alpha value is -6.20. The summed E-state index contributed by atoms with van der Waals surface area (Å²) < 4.78 is 12.1. The molecule has 2 aliphatic rings. The molecule has 0 bridgehead atoms. The molecule has 0 atom stereocenters. The lowest BCUT2D eigenvalue weighted by atomic mass is 9.76. The predicted octanol–water partition coefficient (Wildman–Crippen LogP) is 1.70. The molecule has 0 aromatic heterocycles. The summed E-state index contributed by atoms with van der Waals surface area (Å²) in [7, 11) is 0. The summed E-state index contributed by atoms with van der Waals surface area (Å²) in [6.07, 6.45) is 0. The fourth-order valence-corrected chi connectivity index (χ4v) is 5.66. The molecule has 0 unspecified atom stereocenters. The van der Waals surface area contributed by atoms with Crippen LogP contribution in [0.25, 0.3) is 0 Å². The number of aromatic hydroxyl groups is 2. The lowest BCUT2D eigenvalue weighted by Crippen LogP contribution is -2.36. The van der Waals surface area contributed by atoms with Crippen LogP contribution in [0.2, 0.25) is 0 Å². The van der Waals surface area contributed by atoms with Crippen LogP contribution in [0.3, 0.4) is 0 Å². The Balaban J connectivity index is 0.00000128. The number of carboxylic acids is 5. The van der Waals surface area contributed by atoms with Crippen molar-refractivity contribution in [2.24, 2.45) is 0 Å². The number of nitrogens with zero attached hydrogens (tertiary/aromatic N) is 2. The van der Waals surface area contributed by atoms with E-state index in [0.717, 1.165) is 16.7 Å². The van der Waals surface area contributed by atoms with Gasteiger partial charge in [-0.25, -0.2) is 4.79 Å². The van der Waals surface area contributed by atoms with Gasteiger partial charge in [-0.1, -0.05) is 18.2 Å². The molecule has 0 saturated carbocycles. The van der Waals surface area contributed by atoms with Gasteiger partial charge in [-0.05, 0) is 18.2 Å². The molecule has 5 rings (SSSR count). The van der Waals surface area contributed by atoms with Gasteiger partial charge in [0, 0.05) is 60.0 Å². The molecule has 2 heterocycles. The SMILES string of the molecule is CC(=O)O.O=C(O)CN(CC(=O)O)Cc1cc2c(cc1O)Oc1cc(O)c(CN(CC(=O)O)CC(=O)O)cc1C21OC(=O)c2ccccc21. The molecule has 0 radical (unpaired) electrons. The zero-order chi connectivity index (χ0) is 36.2. The summed E-state index contributed by atoms with van der Waals surface area (Å²) >= 11 is 0. The van der Waals surface area contributed by atoms with Crippen molar-refractivity contribution in [3.8, 4) is 23.0 Å². The van der Waals surface area contributed by atoms with E-state index in [0.29, 0.717) is 5.56 Å². The minimum absolute atomic E-state index is 0.0156. The first-order chi connectivity index (χ1) is 23.0. The molecule has 7 N–H and O–H groups in total. The zero-order valence-corrected chi connectivity index (χ0v) is 25.7. The second-order valence-corrected chi connectivity index (χ2v) is 11.1. The van der Waals surface area contributed by atoms with Crippen molar-refractivity contribution in [3.05, 3.63) is 81.9 Å². The van der Waals surface area contributed by atoms with E-state index in [9.17, 15) is 54.6 Å².